The minimum atomic E-state index is -0.732. The zero-order valence-corrected chi connectivity index (χ0v) is 37.8. The maximum Gasteiger partial charge on any atom is 0.253 e. The second-order valence-corrected chi connectivity index (χ2v) is 19.9. The van der Waals surface area contributed by atoms with Crippen molar-refractivity contribution in [1.82, 2.24) is 31.1 Å². The van der Waals surface area contributed by atoms with Gasteiger partial charge in [0.05, 0.1) is 23.7 Å². The van der Waals surface area contributed by atoms with E-state index in [1.54, 1.807) is 34.1 Å². The molecule has 0 bridgehead atoms. The number of carbonyl (C=O) groups is 6. The smallest absolute Gasteiger partial charge is 0.253 e. The number of hydrogen-bond acceptors (Lipinski definition) is 6. The molecule has 0 radical (unpaired) electrons. The molecule has 6 fully saturated rings. The van der Waals surface area contributed by atoms with Gasteiger partial charge in [0.15, 0.2) is 0 Å². The van der Waals surface area contributed by atoms with Gasteiger partial charge in [0, 0.05) is 85.1 Å². The van der Waals surface area contributed by atoms with Gasteiger partial charge in [-0.2, -0.15) is 0 Å². The number of carbonyl (C=O) groups excluding carboxylic acids is 6. The maximum atomic E-state index is 14.2. The summed E-state index contributed by atoms with van der Waals surface area (Å²) in [6.07, 6.45) is 3.27. The third-order valence-corrected chi connectivity index (χ3v) is 15.3. The number of rotatable bonds is 14. The van der Waals surface area contributed by atoms with Crippen LogP contribution in [0.1, 0.15) is 92.3 Å². The number of hydrogen-bond donors (Lipinski definition) is 4. The highest BCUT2D eigenvalue weighted by Crippen LogP contribution is 2.44. The van der Waals surface area contributed by atoms with Crippen molar-refractivity contribution in [3.63, 3.8) is 0 Å². The average Bonchev–Trinajstić information content (AvgIpc) is 4.31. The summed E-state index contributed by atoms with van der Waals surface area (Å²) in [6, 6.07) is 46.5. The van der Waals surface area contributed by atoms with E-state index in [2.05, 4.69) is 69.8 Å². The molecule has 5 aromatic carbocycles. The van der Waals surface area contributed by atoms with E-state index in [0.29, 0.717) is 11.1 Å². The van der Waals surface area contributed by atoms with Gasteiger partial charge in [0.2, 0.25) is 23.6 Å². The Morgan fingerprint density at radius 3 is 0.765 bits per heavy atom. The Hall–Kier alpha value is -7.08. The molecular weight excluding hydrogens is 853 g/mol. The second kappa shape index (κ2) is 18.2. The van der Waals surface area contributed by atoms with Crippen molar-refractivity contribution >= 4 is 35.4 Å². The highest BCUT2D eigenvalue weighted by atomic mass is 16.2. The predicted octanol–water partition coefficient (Wildman–Crippen LogP) is 5.75. The first-order chi connectivity index (χ1) is 33.2. The third kappa shape index (κ3) is 9.16. The van der Waals surface area contributed by atoms with Crippen molar-refractivity contribution in [1.29, 1.82) is 0 Å². The Balaban J connectivity index is 0.756. The first-order valence-electron chi connectivity index (χ1n) is 24.3. The number of likely N-dealkylation sites (tertiary alicyclic amines) is 2. The Morgan fingerprint density at radius 2 is 0.544 bits per heavy atom. The first kappa shape index (κ1) is 43.5. The maximum absolute atomic E-state index is 14.2. The van der Waals surface area contributed by atoms with E-state index in [-0.39, 0.29) is 109 Å². The summed E-state index contributed by atoms with van der Waals surface area (Å²) >= 11 is 0. The van der Waals surface area contributed by atoms with Crippen LogP contribution in [0.5, 0.6) is 0 Å². The SMILES string of the molecule is O=C(N[C@H]1C[C@@H]1c1ccccc1)[C@H]1CN(C(=O)c2ccc(C(=O)N3C[C@@H](C(=O)N[C@@H]4C[C@H]4c4ccccc4)[C@H](C(=O)N[C@@H]4C[C@H]4c4ccccc4)C3)cc2)C[C@@H]1C(=O)N[C@H]1C[C@@H]1c1ccccc1. The molecule has 12 heteroatoms. The molecule has 346 valence electrons. The standard InChI is InChI=1S/C56H56N6O6/c63-51(57-47-25-39(47)33-13-5-1-6-14-33)43-29-61(30-44(43)52(64)58-48-26-40(48)34-15-7-2-8-16-34)55(67)37-21-23-38(24-22-37)56(68)62-31-45(53(65)59-49-27-41(49)35-17-9-3-10-18-35)46(32-62)54(66)60-50-28-42(50)36-19-11-4-12-20-36/h1-24,39-50H,25-32H2,(H,57,63)(H,58,64)(H,59,65)(H,60,66)/t39-,40-,41+,42+,43+,44+,45-,46-,47+,48+,49-,50-. The number of nitrogens with one attached hydrogen (secondary N) is 4. The van der Waals surface area contributed by atoms with Crippen LogP contribution < -0.4 is 21.3 Å². The quantitative estimate of drug-likeness (QED) is 0.111. The summed E-state index contributed by atoms with van der Waals surface area (Å²) in [5.74, 6) is -3.68. The first-order valence-corrected chi connectivity index (χ1v) is 24.3. The Kier molecular flexibility index (Phi) is 11.6. The minimum Gasteiger partial charge on any atom is -0.352 e. The van der Waals surface area contributed by atoms with Gasteiger partial charge in [-0.05, 0) is 72.2 Å². The molecular formula is C56H56N6O6. The lowest BCUT2D eigenvalue weighted by atomic mass is 9.94. The molecule has 11 rings (SSSR count). The lowest BCUT2D eigenvalue weighted by Gasteiger charge is -2.18. The summed E-state index contributed by atoms with van der Waals surface area (Å²) in [5.41, 5.74) is 5.30. The van der Waals surface area contributed by atoms with Gasteiger partial charge in [-0.15, -0.1) is 0 Å². The van der Waals surface area contributed by atoms with E-state index in [0.717, 1.165) is 47.9 Å². The highest BCUT2D eigenvalue weighted by molar-refractivity contribution is 6.00. The number of benzene rings is 5. The summed E-state index contributed by atoms with van der Waals surface area (Å²) in [4.78, 5) is 87.5. The van der Waals surface area contributed by atoms with E-state index >= 15 is 0 Å². The van der Waals surface area contributed by atoms with E-state index in [1.165, 1.54) is 0 Å². The van der Waals surface area contributed by atoms with Crippen LogP contribution >= 0.6 is 0 Å². The second-order valence-electron chi connectivity index (χ2n) is 19.9. The number of nitrogens with zero attached hydrogens (tertiary/aromatic N) is 2. The molecule has 5 aromatic rings. The molecule has 4 N–H and O–H groups in total. The molecule has 12 atom stereocenters. The number of amides is 6. The molecule has 6 amide bonds. The van der Waals surface area contributed by atoms with Crippen LogP contribution in [0.3, 0.4) is 0 Å². The van der Waals surface area contributed by atoms with Crippen LogP contribution in [0.15, 0.2) is 146 Å². The summed E-state index contributed by atoms with van der Waals surface area (Å²) in [5, 5.41) is 12.8. The average molecular weight is 909 g/mol. The largest absolute Gasteiger partial charge is 0.352 e. The van der Waals surface area contributed by atoms with Gasteiger partial charge in [-0.25, -0.2) is 0 Å². The van der Waals surface area contributed by atoms with Crippen molar-refractivity contribution in [3.8, 4) is 0 Å². The molecule has 2 heterocycles. The van der Waals surface area contributed by atoms with Crippen LogP contribution in [-0.4, -0.2) is 95.6 Å². The van der Waals surface area contributed by atoms with Crippen molar-refractivity contribution < 1.29 is 28.8 Å². The monoisotopic (exact) mass is 908 g/mol. The molecule has 0 aromatic heterocycles. The van der Waals surface area contributed by atoms with E-state index in [9.17, 15) is 28.8 Å². The van der Waals surface area contributed by atoms with E-state index in [4.69, 9.17) is 0 Å². The highest BCUT2D eigenvalue weighted by Gasteiger charge is 2.51. The lowest BCUT2D eigenvalue weighted by Crippen LogP contribution is -2.43. The van der Waals surface area contributed by atoms with Gasteiger partial charge < -0.3 is 31.1 Å². The fraction of sp³-hybridized carbons (Fsp3) is 0.357. The molecule has 0 unspecified atom stereocenters. The van der Waals surface area contributed by atoms with Gasteiger partial charge in [0.1, 0.15) is 0 Å². The fourth-order valence-corrected chi connectivity index (χ4v) is 11.0. The molecule has 0 spiro atoms. The molecule has 6 aliphatic rings. The van der Waals surface area contributed by atoms with Crippen LogP contribution in [0.25, 0.3) is 0 Å². The minimum absolute atomic E-state index is 0.0327. The third-order valence-electron chi connectivity index (χ3n) is 15.3. The molecule has 4 saturated carbocycles. The van der Waals surface area contributed by atoms with Crippen molar-refractivity contribution in [2.75, 3.05) is 26.2 Å². The van der Waals surface area contributed by atoms with Crippen LogP contribution in [0, 0.1) is 23.7 Å². The Morgan fingerprint density at radius 1 is 0.324 bits per heavy atom. The molecule has 4 aliphatic carbocycles. The summed E-state index contributed by atoms with van der Waals surface area (Å²) in [7, 11) is 0. The van der Waals surface area contributed by atoms with Gasteiger partial charge >= 0.3 is 0 Å². The lowest BCUT2D eigenvalue weighted by molar-refractivity contribution is -0.133. The summed E-state index contributed by atoms with van der Waals surface area (Å²) < 4.78 is 0. The fourth-order valence-electron chi connectivity index (χ4n) is 11.0. The topological polar surface area (TPSA) is 157 Å². The Bertz CT molecular complexity index is 2370. The van der Waals surface area contributed by atoms with Crippen LogP contribution in [-0.2, 0) is 19.2 Å². The van der Waals surface area contributed by atoms with Gasteiger partial charge in [0.25, 0.3) is 11.8 Å². The molecule has 2 aliphatic heterocycles. The Labute approximate surface area is 396 Å². The molecule has 12 nitrogen and oxygen atoms in total. The van der Waals surface area contributed by atoms with E-state index in [1.807, 2.05) is 72.8 Å². The van der Waals surface area contributed by atoms with Crippen LogP contribution in [0.2, 0.25) is 0 Å². The molecule has 68 heavy (non-hydrogen) atoms. The van der Waals surface area contributed by atoms with Gasteiger partial charge in [-0.1, -0.05) is 121 Å². The zero-order valence-electron chi connectivity index (χ0n) is 37.8. The van der Waals surface area contributed by atoms with E-state index < -0.39 is 23.7 Å². The van der Waals surface area contributed by atoms with Crippen molar-refractivity contribution in [3.05, 3.63) is 179 Å². The molecule has 2 saturated heterocycles. The van der Waals surface area contributed by atoms with Crippen molar-refractivity contribution in [2.24, 2.45) is 23.7 Å². The van der Waals surface area contributed by atoms with Crippen molar-refractivity contribution in [2.45, 2.75) is 73.5 Å². The van der Waals surface area contributed by atoms with Crippen LogP contribution in [0.4, 0.5) is 0 Å². The summed E-state index contributed by atoms with van der Waals surface area (Å²) in [6.45, 7) is 0.331. The zero-order chi connectivity index (χ0) is 46.5. The normalized spacial score (nSPS) is 29.6. The predicted molar refractivity (Wildman–Crippen MR) is 255 cm³/mol. The van der Waals surface area contributed by atoms with Gasteiger partial charge in [-0.3, -0.25) is 28.8 Å².